The van der Waals surface area contributed by atoms with Crippen LogP contribution in [0.4, 0.5) is 19.3 Å². The van der Waals surface area contributed by atoms with Gasteiger partial charge in [0.15, 0.2) is 0 Å². The van der Waals surface area contributed by atoms with Crippen LogP contribution in [0.5, 0.6) is 0 Å². The number of nitrogens with zero attached hydrogens (tertiary/aromatic N) is 1. The average Bonchev–Trinajstić information content (AvgIpc) is 2.37. The molecule has 0 aliphatic carbocycles. The van der Waals surface area contributed by atoms with E-state index in [4.69, 9.17) is 10.5 Å². The summed E-state index contributed by atoms with van der Waals surface area (Å²) in [6.45, 7) is 0.960. The zero-order chi connectivity index (χ0) is 14.7. The Hall–Kier alpha value is -1.89. The summed E-state index contributed by atoms with van der Waals surface area (Å²) in [5.41, 5.74) is 5.79. The molecule has 0 bridgehead atoms. The van der Waals surface area contributed by atoms with Gasteiger partial charge >= 0.3 is 6.09 Å². The van der Waals surface area contributed by atoms with Crippen molar-refractivity contribution in [3.63, 3.8) is 0 Å². The number of hydrogen-bond acceptors (Lipinski definition) is 4. The molecule has 1 fully saturated rings. The number of hydrogen-bond donors (Lipinski definition) is 2. The van der Waals surface area contributed by atoms with E-state index in [1.807, 2.05) is 0 Å². The van der Waals surface area contributed by atoms with Crippen molar-refractivity contribution in [3.05, 3.63) is 29.3 Å². The minimum Gasteiger partial charge on any atom is -0.442 e. The fourth-order valence-corrected chi connectivity index (χ4v) is 2.09. The fraction of sp³-hybridized carbons (Fsp3) is 0.462. The molecule has 0 unspecified atom stereocenters. The van der Waals surface area contributed by atoms with Gasteiger partial charge in [0.25, 0.3) is 0 Å². The molecule has 2 rings (SSSR count). The van der Waals surface area contributed by atoms with E-state index in [2.05, 4.69) is 5.32 Å². The summed E-state index contributed by atoms with van der Waals surface area (Å²) in [5, 5.41) is 2.34. The van der Waals surface area contributed by atoms with E-state index < -0.39 is 17.7 Å². The van der Waals surface area contributed by atoms with Gasteiger partial charge in [-0.05, 0) is 24.6 Å². The summed E-state index contributed by atoms with van der Waals surface area (Å²) < 4.78 is 32.7. The molecule has 1 aliphatic rings. The first-order chi connectivity index (χ1) is 9.55. The third-order valence-electron chi connectivity index (χ3n) is 3.20. The molecule has 20 heavy (non-hydrogen) atoms. The zero-order valence-corrected chi connectivity index (χ0v) is 11.2. The molecule has 1 amide bonds. The van der Waals surface area contributed by atoms with Crippen LogP contribution in [0.2, 0.25) is 0 Å². The maximum Gasteiger partial charge on any atom is 0.407 e. The van der Waals surface area contributed by atoms with Crippen molar-refractivity contribution in [1.29, 1.82) is 0 Å². The molecular weight excluding hydrogens is 268 g/mol. The second kappa shape index (κ2) is 6.04. The average molecular weight is 285 g/mol. The number of carbonyl (C=O) groups is 1. The SMILES string of the molecule is CNC(=O)OC1CN(c2cc(F)c(CCN)cc2F)C1. The van der Waals surface area contributed by atoms with E-state index >= 15 is 0 Å². The van der Waals surface area contributed by atoms with Crippen molar-refractivity contribution in [2.24, 2.45) is 5.73 Å². The Morgan fingerprint density at radius 3 is 2.75 bits per heavy atom. The van der Waals surface area contributed by atoms with Gasteiger partial charge in [-0.3, -0.25) is 0 Å². The Kier molecular flexibility index (Phi) is 4.39. The fourth-order valence-electron chi connectivity index (χ4n) is 2.09. The minimum absolute atomic E-state index is 0.181. The van der Waals surface area contributed by atoms with Crippen molar-refractivity contribution in [2.45, 2.75) is 12.5 Å². The molecule has 0 aromatic heterocycles. The summed E-state index contributed by atoms with van der Waals surface area (Å²) >= 11 is 0. The third-order valence-corrected chi connectivity index (χ3v) is 3.20. The number of amides is 1. The van der Waals surface area contributed by atoms with Gasteiger partial charge in [0.05, 0.1) is 18.8 Å². The van der Waals surface area contributed by atoms with Crippen molar-refractivity contribution >= 4 is 11.8 Å². The van der Waals surface area contributed by atoms with Crippen molar-refractivity contribution in [2.75, 3.05) is 31.6 Å². The molecule has 0 radical (unpaired) electrons. The van der Waals surface area contributed by atoms with Gasteiger partial charge < -0.3 is 20.7 Å². The number of carbonyl (C=O) groups excluding carboxylic acids is 1. The number of halogens is 2. The van der Waals surface area contributed by atoms with Crippen molar-refractivity contribution in [1.82, 2.24) is 5.32 Å². The number of nitrogens with one attached hydrogen (secondary N) is 1. The Morgan fingerprint density at radius 1 is 1.45 bits per heavy atom. The number of ether oxygens (including phenoxy) is 1. The van der Waals surface area contributed by atoms with E-state index in [0.717, 1.165) is 6.07 Å². The van der Waals surface area contributed by atoms with E-state index in [1.54, 1.807) is 4.90 Å². The number of alkyl carbamates (subject to hydrolysis) is 1. The maximum absolute atomic E-state index is 13.9. The first-order valence-corrected chi connectivity index (χ1v) is 6.36. The van der Waals surface area contributed by atoms with Crippen LogP contribution in [-0.2, 0) is 11.2 Å². The normalized spacial score (nSPS) is 14.9. The number of benzene rings is 1. The molecule has 110 valence electrons. The highest BCUT2D eigenvalue weighted by Gasteiger charge is 2.32. The lowest BCUT2D eigenvalue weighted by Crippen LogP contribution is -2.54. The number of rotatable bonds is 4. The van der Waals surface area contributed by atoms with Crippen LogP contribution in [0.1, 0.15) is 5.56 Å². The summed E-state index contributed by atoms with van der Waals surface area (Å²) in [6, 6.07) is 2.33. The van der Waals surface area contributed by atoms with Gasteiger partial charge in [-0.25, -0.2) is 13.6 Å². The van der Waals surface area contributed by atoms with Crippen molar-refractivity contribution in [3.8, 4) is 0 Å². The molecule has 1 heterocycles. The molecule has 5 nitrogen and oxygen atoms in total. The lowest BCUT2D eigenvalue weighted by molar-refractivity contribution is 0.0824. The van der Waals surface area contributed by atoms with E-state index in [1.165, 1.54) is 13.1 Å². The molecular formula is C13H17F2N3O2. The zero-order valence-electron chi connectivity index (χ0n) is 11.2. The molecule has 3 N–H and O–H groups in total. The standard InChI is InChI=1S/C13H17F2N3O2/c1-17-13(19)20-9-6-18(7-9)12-5-10(14)8(2-3-16)4-11(12)15/h4-5,9H,2-3,6-7,16H2,1H3,(H,17,19). The quantitative estimate of drug-likeness (QED) is 0.866. The number of anilines is 1. The first-order valence-electron chi connectivity index (χ1n) is 6.36. The van der Waals surface area contributed by atoms with Gasteiger partial charge in [-0.2, -0.15) is 0 Å². The van der Waals surface area contributed by atoms with E-state index in [-0.39, 0.29) is 23.9 Å². The Morgan fingerprint density at radius 2 is 2.15 bits per heavy atom. The van der Waals surface area contributed by atoms with Crippen LogP contribution in [0.25, 0.3) is 0 Å². The van der Waals surface area contributed by atoms with Crippen LogP contribution >= 0.6 is 0 Å². The number of nitrogens with two attached hydrogens (primary N) is 1. The molecule has 1 saturated heterocycles. The molecule has 1 aliphatic heterocycles. The minimum atomic E-state index is -0.528. The highest BCUT2D eigenvalue weighted by atomic mass is 19.1. The summed E-state index contributed by atoms with van der Waals surface area (Å²) in [7, 11) is 1.46. The third kappa shape index (κ3) is 2.98. The predicted octanol–water partition coefficient (Wildman–Crippen LogP) is 1.01. The summed E-state index contributed by atoms with van der Waals surface area (Å²) in [5.74, 6) is -0.962. The topological polar surface area (TPSA) is 67.6 Å². The van der Waals surface area contributed by atoms with E-state index in [9.17, 15) is 13.6 Å². The second-order valence-corrected chi connectivity index (χ2v) is 4.62. The van der Waals surface area contributed by atoms with Crippen LogP contribution < -0.4 is 16.0 Å². The van der Waals surface area contributed by atoms with Gasteiger partial charge in [-0.15, -0.1) is 0 Å². The van der Waals surface area contributed by atoms with Crippen molar-refractivity contribution < 1.29 is 18.3 Å². The van der Waals surface area contributed by atoms with Gasteiger partial charge in [-0.1, -0.05) is 0 Å². The van der Waals surface area contributed by atoms with Gasteiger partial charge in [0.2, 0.25) is 0 Å². The molecule has 7 heteroatoms. The van der Waals surface area contributed by atoms with Crippen LogP contribution in [-0.4, -0.2) is 38.9 Å². The van der Waals surface area contributed by atoms with E-state index in [0.29, 0.717) is 19.5 Å². The predicted molar refractivity (Wildman–Crippen MR) is 70.7 cm³/mol. The molecule has 0 saturated carbocycles. The Labute approximate surface area is 115 Å². The van der Waals surface area contributed by atoms with Crippen LogP contribution in [0.3, 0.4) is 0 Å². The largest absolute Gasteiger partial charge is 0.442 e. The van der Waals surface area contributed by atoms with Crippen LogP contribution in [0.15, 0.2) is 12.1 Å². The monoisotopic (exact) mass is 285 g/mol. The lowest BCUT2D eigenvalue weighted by Gasteiger charge is -2.40. The summed E-state index contributed by atoms with van der Waals surface area (Å²) in [4.78, 5) is 12.6. The maximum atomic E-state index is 13.9. The van der Waals surface area contributed by atoms with Crippen LogP contribution in [0, 0.1) is 11.6 Å². The first kappa shape index (κ1) is 14.5. The Balaban J connectivity index is 2.01. The molecule has 1 aromatic rings. The summed E-state index contributed by atoms with van der Waals surface area (Å²) in [6.07, 6.45) is -0.536. The smallest absolute Gasteiger partial charge is 0.407 e. The highest BCUT2D eigenvalue weighted by Crippen LogP contribution is 2.28. The van der Waals surface area contributed by atoms with Gasteiger partial charge in [0, 0.05) is 13.1 Å². The van der Waals surface area contributed by atoms with Gasteiger partial charge in [0.1, 0.15) is 17.7 Å². The lowest BCUT2D eigenvalue weighted by atomic mass is 10.1. The molecule has 0 spiro atoms. The Bertz CT molecular complexity index is 505. The molecule has 1 aromatic carbocycles. The second-order valence-electron chi connectivity index (χ2n) is 4.62. The highest BCUT2D eigenvalue weighted by molar-refractivity contribution is 5.67. The molecule has 0 atom stereocenters.